The molecular formula is C21H29N3O4. The van der Waals surface area contributed by atoms with Crippen molar-refractivity contribution in [3.63, 3.8) is 0 Å². The Labute approximate surface area is 166 Å². The first-order valence-electron chi connectivity index (χ1n) is 10.2. The lowest BCUT2D eigenvalue weighted by molar-refractivity contribution is -0.134. The van der Waals surface area contributed by atoms with E-state index in [-0.39, 0.29) is 18.0 Å². The summed E-state index contributed by atoms with van der Waals surface area (Å²) in [6.45, 7) is 1.18. The summed E-state index contributed by atoms with van der Waals surface area (Å²) in [4.78, 5) is 29.4. The number of imide groups is 1. The third-order valence-corrected chi connectivity index (χ3v) is 6.44. The fourth-order valence-corrected chi connectivity index (χ4v) is 4.92. The van der Waals surface area contributed by atoms with Crippen molar-refractivity contribution in [3.8, 4) is 11.5 Å². The number of carbonyl (C=O) groups is 2. The lowest BCUT2D eigenvalue weighted by Crippen LogP contribution is -2.49. The van der Waals surface area contributed by atoms with Crippen LogP contribution in [0.3, 0.4) is 0 Å². The number of methoxy groups -OCH3 is 2. The minimum Gasteiger partial charge on any atom is -0.497 e. The van der Waals surface area contributed by atoms with Gasteiger partial charge in [-0.25, -0.2) is 9.69 Å². The van der Waals surface area contributed by atoms with Crippen molar-refractivity contribution in [3.05, 3.63) is 23.8 Å². The van der Waals surface area contributed by atoms with E-state index in [4.69, 9.17) is 9.47 Å². The van der Waals surface area contributed by atoms with Crippen molar-refractivity contribution in [2.45, 2.75) is 56.5 Å². The topological polar surface area (TPSA) is 71.1 Å². The van der Waals surface area contributed by atoms with Crippen molar-refractivity contribution in [1.29, 1.82) is 0 Å². The molecule has 2 heterocycles. The Morgan fingerprint density at radius 3 is 2.61 bits per heavy atom. The van der Waals surface area contributed by atoms with Crippen LogP contribution in [0.1, 0.15) is 56.6 Å². The molecule has 1 N–H and O–H groups in total. The number of benzene rings is 1. The van der Waals surface area contributed by atoms with Crippen LogP contribution in [0, 0.1) is 0 Å². The van der Waals surface area contributed by atoms with Gasteiger partial charge < -0.3 is 14.8 Å². The van der Waals surface area contributed by atoms with Crippen molar-refractivity contribution < 1.29 is 19.1 Å². The van der Waals surface area contributed by atoms with E-state index in [0.717, 1.165) is 68.6 Å². The summed E-state index contributed by atoms with van der Waals surface area (Å²) in [5.74, 6) is 1.47. The Morgan fingerprint density at radius 1 is 1.11 bits per heavy atom. The van der Waals surface area contributed by atoms with Crippen LogP contribution in [-0.4, -0.2) is 54.7 Å². The number of hydrogen-bond acceptors (Lipinski definition) is 5. The molecule has 152 valence electrons. The zero-order valence-corrected chi connectivity index (χ0v) is 16.7. The minimum atomic E-state index is -0.664. The highest BCUT2D eigenvalue weighted by atomic mass is 16.5. The summed E-state index contributed by atoms with van der Waals surface area (Å²) >= 11 is 0. The first-order valence-corrected chi connectivity index (χ1v) is 10.2. The van der Waals surface area contributed by atoms with Crippen LogP contribution in [0.2, 0.25) is 0 Å². The van der Waals surface area contributed by atoms with Gasteiger partial charge in [-0.3, -0.25) is 9.69 Å². The molecule has 4 rings (SSSR count). The average molecular weight is 387 g/mol. The summed E-state index contributed by atoms with van der Waals surface area (Å²) in [7, 11) is 3.29. The Kier molecular flexibility index (Phi) is 5.19. The summed E-state index contributed by atoms with van der Waals surface area (Å²) in [6, 6.07) is 5.70. The predicted molar refractivity (Wildman–Crippen MR) is 104 cm³/mol. The molecular weight excluding hydrogens is 358 g/mol. The molecule has 0 aromatic heterocycles. The van der Waals surface area contributed by atoms with Crippen molar-refractivity contribution in [2.75, 3.05) is 27.4 Å². The van der Waals surface area contributed by atoms with Gasteiger partial charge in [0, 0.05) is 24.2 Å². The smallest absolute Gasteiger partial charge is 0.326 e. The van der Waals surface area contributed by atoms with Crippen LogP contribution in [0.4, 0.5) is 4.79 Å². The minimum absolute atomic E-state index is 0.0513. The molecule has 7 nitrogen and oxygen atoms in total. The molecule has 3 aliphatic rings. The highest BCUT2D eigenvalue weighted by molar-refractivity contribution is 6.07. The predicted octanol–water partition coefficient (Wildman–Crippen LogP) is 3.05. The number of nitrogens with one attached hydrogen (secondary N) is 1. The summed E-state index contributed by atoms with van der Waals surface area (Å²) in [5, 5.41) is 3.00. The van der Waals surface area contributed by atoms with Gasteiger partial charge in [0.1, 0.15) is 17.0 Å². The van der Waals surface area contributed by atoms with Crippen molar-refractivity contribution >= 4 is 11.9 Å². The van der Waals surface area contributed by atoms with E-state index in [1.54, 1.807) is 14.2 Å². The van der Waals surface area contributed by atoms with E-state index in [2.05, 4.69) is 10.2 Å². The number of rotatable bonds is 5. The molecule has 1 aromatic rings. The highest BCUT2D eigenvalue weighted by Crippen LogP contribution is 2.40. The number of hydrogen-bond donors (Lipinski definition) is 1. The monoisotopic (exact) mass is 387 g/mol. The van der Waals surface area contributed by atoms with Gasteiger partial charge in [0.15, 0.2) is 0 Å². The number of ether oxygens (including phenoxy) is 2. The van der Waals surface area contributed by atoms with E-state index in [1.165, 1.54) is 4.90 Å². The quantitative estimate of drug-likeness (QED) is 0.787. The molecule has 0 radical (unpaired) electrons. The maximum Gasteiger partial charge on any atom is 0.326 e. The van der Waals surface area contributed by atoms with Gasteiger partial charge in [0.25, 0.3) is 5.91 Å². The second kappa shape index (κ2) is 7.62. The Balaban J connectivity index is 1.53. The molecule has 2 aliphatic heterocycles. The Hall–Kier alpha value is -2.28. The molecule has 3 fully saturated rings. The van der Waals surface area contributed by atoms with Gasteiger partial charge in [-0.15, -0.1) is 0 Å². The molecule has 1 aliphatic carbocycles. The molecule has 0 unspecified atom stereocenters. The first kappa shape index (κ1) is 19.1. The molecule has 2 saturated heterocycles. The van der Waals surface area contributed by atoms with Crippen molar-refractivity contribution in [2.24, 2.45) is 0 Å². The molecule has 1 atom stereocenters. The second-order valence-corrected chi connectivity index (χ2v) is 8.03. The maximum atomic E-state index is 13.1. The van der Waals surface area contributed by atoms with Gasteiger partial charge >= 0.3 is 6.03 Å². The highest BCUT2D eigenvalue weighted by Gasteiger charge is 2.52. The van der Waals surface area contributed by atoms with E-state index in [9.17, 15) is 9.59 Å². The average Bonchev–Trinajstić information content (AvgIpc) is 3.27. The van der Waals surface area contributed by atoms with E-state index in [1.807, 2.05) is 18.2 Å². The lowest BCUT2D eigenvalue weighted by Gasteiger charge is -2.32. The van der Waals surface area contributed by atoms with Crippen LogP contribution in [0.5, 0.6) is 11.5 Å². The van der Waals surface area contributed by atoms with Crippen LogP contribution in [0.25, 0.3) is 0 Å². The van der Waals surface area contributed by atoms with E-state index < -0.39 is 5.54 Å². The van der Waals surface area contributed by atoms with Gasteiger partial charge in [-0.2, -0.15) is 0 Å². The van der Waals surface area contributed by atoms with Crippen molar-refractivity contribution in [1.82, 2.24) is 15.1 Å². The molecule has 1 aromatic carbocycles. The summed E-state index contributed by atoms with van der Waals surface area (Å²) in [6.07, 6.45) is 6.63. The third kappa shape index (κ3) is 3.21. The van der Waals surface area contributed by atoms with Crippen LogP contribution in [-0.2, 0) is 4.79 Å². The van der Waals surface area contributed by atoms with E-state index >= 15 is 0 Å². The molecule has 3 amide bonds. The van der Waals surface area contributed by atoms with Crippen LogP contribution < -0.4 is 14.8 Å². The molecule has 1 spiro atoms. The molecule has 1 saturated carbocycles. The number of likely N-dealkylation sites (tertiary alicyclic amines) is 1. The van der Waals surface area contributed by atoms with Crippen LogP contribution in [0.15, 0.2) is 18.2 Å². The summed E-state index contributed by atoms with van der Waals surface area (Å²) < 4.78 is 10.9. The Morgan fingerprint density at radius 2 is 1.89 bits per heavy atom. The second-order valence-electron chi connectivity index (χ2n) is 8.03. The zero-order chi connectivity index (χ0) is 19.7. The van der Waals surface area contributed by atoms with Gasteiger partial charge in [-0.1, -0.05) is 25.3 Å². The fourth-order valence-electron chi connectivity index (χ4n) is 4.92. The molecule has 0 bridgehead atoms. The lowest BCUT2D eigenvalue weighted by atomic mass is 9.82. The fraction of sp³-hybridized carbons (Fsp3) is 0.619. The van der Waals surface area contributed by atoms with Gasteiger partial charge in [0.05, 0.1) is 20.9 Å². The number of urea groups is 1. The number of nitrogens with zero attached hydrogens (tertiary/aromatic N) is 2. The van der Waals surface area contributed by atoms with E-state index in [0.29, 0.717) is 6.67 Å². The normalized spacial score (nSPS) is 24.6. The summed E-state index contributed by atoms with van der Waals surface area (Å²) in [5.41, 5.74) is 0.405. The first-order chi connectivity index (χ1) is 13.6. The Bertz CT molecular complexity index is 760. The number of amides is 3. The van der Waals surface area contributed by atoms with Gasteiger partial charge in [0.2, 0.25) is 0 Å². The maximum absolute atomic E-state index is 13.1. The molecule has 28 heavy (non-hydrogen) atoms. The SMILES string of the molecule is COc1ccc([C@H]2CCCN2CN2C(=O)NC3(CCCCC3)C2=O)c(OC)c1. The standard InChI is InChI=1S/C21H29N3O4/c1-27-15-8-9-16(18(13-15)28-2)17-7-6-12-23(17)14-24-19(25)21(22-20(24)26)10-4-3-5-11-21/h8-9,13,17H,3-7,10-12,14H2,1-2H3,(H,22,26)/t17-/m1/s1. The largest absolute Gasteiger partial charge is 0.497 e. The zero-order valence-electron chi connectivity index (χ0n) is 16.7. The third-order valence-electron chi connectivity index (χ3n) is 6.44. The number of carbonyl (C=O) groups excluding carboxylic acids is 2. The van der Waals surface area contributed by atoms with Gasteiger partial charge in [-0.05, 0) is 31.7 Å². The van der Waals surface area contributed by atoms with Crippen LogP contribution >= 0.6 is 0 Å². The molecule has 7 heteroatoms.